The Morgan fingerprint density at radius 3 is 2.57 bits per heavy atom. The SMILES string of the molecule is CCCNC(C)Cc1nc(-c2cc(C)c(Br)c(C)c2)no1. The summed E-state index contributed by atoms with van der Waals surface area (Å²) in [6, 6.07) is 4.49. The second-order valence-corrected chi connectivity index (χ2v) is 6.29. The average Bonchev–Trinajstić information content (AvgIpc) is 2.90. The van der Waals surface area contributed by atoms with Crippen molar-refractivity contribution in [2.75, 3.05) is 6.54 Å². The minimum absolute atomic E-state index is 0.339. The lowest BCUT2D eigenvalue weighted by Gasteiger charge is -2.09. The number of nitrogens with one attached hydrogen (secondary N) is 1. The van der Waals surface area contributed by atoms with Crippen molar-refractivity contribution >= 4 is 15.9 Å². The minimum atomic E-state index is 0.339. The fourth-order valence-corrected chi connectivity index (χ4v) is 2.48. The Labute approximate surface area is 134 Å². The van der Waals surface area contributed by atoms with Crippen molar-refractivity contribution in [2.45, 2.75) is 46.6 Å². The van der Waals surface area contributed by atoms with Gasteiger partial charge in [0.15, 0.2) is 0 Å². The van der Waals surface area contributed by atoms with Crippen LogP contribution < -0.4 is 5.32 Å². The number of rotatable bonds is 6. The summed E-state index contributed by atoms with van der Waals surface area (Å²) in [5, 5.41) is 7.52. The van der Waals surface area contributed by atoms with Crippen molar-refractivity contribution in [1.29, 1.82) is 0 Å². The van der Waals surface area contributed by atoms with Crippen molar-refractivity contribution in [3.05, 3.63) is 33.6 Å². The van der Waals surface area contributed by atoms with E-state index >= 15 is 0 Å². The van der Waals surface area contributed by atoms with Crippen molar-refractivity contribution in [3.8, 4) is 11.4 Å². The van der Waals surface area contributed by atoms with Crippen LogP contribution in [0.15, 0.2) is 21.1 Å². The summed E-state index contributed by atoms with van der Waals surface area (Å²) in [4.78, 5) is 4.51. The van der Waals surface area contributed by atoms with Gasteiger partial charge in [0.2, 0.25) is 11.7 Å². The molecule has 0 aliphatic heterocycles. The fraction of sp³-hybridized carbons (Fsp3) is 0.500. The van der Waals surface area contributed by atoms with Gasteiger partial charge in [-0.15, -0.1) is 0 Å². The van der Waals surface area contributed by atoms with Crippen LogP contribution in [0.4, 0.5) is 0 Å². The quantitative estimate of drug-likeness (QED) is 0.852. The molecule has 0 fully saturated rings. The van der Waals surface area contributed by atoms with Crippen LogP contribution >= 0.6 is 15.9 Å². The molecule has 0 saturated heterocycles. The predicted molar refractivity (Wildman–Crippen MR) is 88.4 cm³/mol. The van der Waals surface area contributed by atoms with Gasteiger partial charge in [0.05, 0.1) is 0 Å². The van der Waals surface area contributed by atoms with Crippen LogP contribution in [0, 0.1) is 13.8 Å². The van der Waals surface area contributed by atoms with Crippen molar-refractivity contribution in [2.24, 2.45) is 0 Å². The molecule has 1 unspecified atom stereocenters. The molecule has 21 heavy (non-hydrogen) atoms. The number of hydrogen-bond donors (Lipinski definition) is 1. The molecule has 0 radical (unpaired) electrons. The summed E-state index contributed by atoms with van der Waals surface area (Å²) in [6.07, 6.45) is 1.87. The molecule has 1 atom stereocenters. The van der Waals surface area contributed by atoms with Gasteiger partial charge in [-0.25, -0.2) is 0 Å². The molecule has 1 aromatic carbocycles. The molecule has 0 spiro atoms. The van der Waals surface area contributed by atoms with Gasteiger partial charge in [-0.05, 0) is 57.0 Å². The van der Waals surface area contributed by atoms with Crippen LogP contribution in [0.2, 0.25) is 0 Å². The van der Waals surface area contributed by atoms with E-state index in [-0.39, 0.29) is 0 Å². The molecule has 0 bridgehead atoms. The molecule has 2 rings (SSSR count). The molecular weight excluding hydrogens is 330 g/mol. The predicted octanol–water partition coefficient (Wildman–Crippen LogP) is 4.05. The van der Waals surface area contributed by atoms with Gasteiger partial charge in [0.25, 0.3) is 0 Å². The highest BCUT2D eigenvalue weighted by molar-refractivity contribution is 9.10. The van der Waals surface area contributed by atoms with E-state index in [1.165, 1.54) is 11.1 Å². The second-order valence-electron chi connectivity index (χ2n) is 5.50. The minimum Gasteiger partial charge on any atom is -0.339 e. The number of hydrogen-bond acceptors (Lipinski definition) is 4. The Morgan fingerprint density at radius 2 is 1.95 bits per heavy atom. The summed E-state index contributed by atoms with van der Waals surface area (Å²) in [7, 11) is 0. The lowest BCUT2D eigenvalue weighted by atomic mass is 10.1. The number of benzene rings is 1. The van der Waals surface area contributed by atoms with Crippen LogP contribution in [0.5, 0.6) is 0 Å². The van der Waals surface area contributed by atoms with Crippen LogP contribution in [-0.4, -0.2) is 22.7 Å². The fourth-order valence-electron chi connectivity index (χ4n) is 2.25. The highest BCUT2D eigenvalue weighted by atomic mass is 79.9. The maximum absolute atomic E-state index is 5.37. The Kier molecular flexibility index (Phi) is 5.53. The largest absolute Gasteiger partial charge is 0.339 e. The zero-order chi connectivity index (χ0) is 15.4. The molecule has 4 nitrogen and oxygen atoms in total. The van der Waals surface area contributed by atoms with Gasteiger partial charge in [-0.1, -0.05) is 28.0 Å². The van der Waals surface area contributed by atoms with Gasteiger partial charge in [-0.3, -0.25) is 0 Å². The number of aryl methyl sites for hydroxylation is 2. The van der Waals surface area contributed by atoms with Gasteiger partial charge in [0.1, 0.15) is 0 Å². The van der Waals surface area contributed by atoms with Crippen molar-refractivity contribution < 1.29 is 4.52 Å². The summed E-state index contributed by atoms with van der Waals surface area (Å²) in [5.74, 6) is 1.34. The third-order valence-electron chi connectivity index (χ3n) is 3.39. The molecule has 1 aromatic heterocycles. The summed E-state index contributed by atoms with van der Waals surface area (Å²) in [6.45, 7) is 9.43. The third kappa shape index (κ3) is 4.14. The number of aromatic nitrogens is 2. The molecule has 1 heterocycles. The van der Waals surface area contributed by atoms with E-state index in [1.807, 2.05) is 0 Å². The normalized spacial score (nSPS) is 12.6. The van der Waals surface area contributed by atoms with E-state index < -0.39 is 0 Å². The van der Waals surface area contributed by atoms with Gasteiger partial charge in [-0.2, -0.15) is 4.98 Å². The summed E-state index contributed by atoms with van der Waals surface area (Å²) >= 11 is 3.58. The van der Waals surface area contributed by atoms with Gasteiger partial charge >= 0.3 is 0 Å². The first-order chi connectivity index (χ1) is 10.0. The number of halogens is 1. The highest BCUT2D eigenvalue weighted by Gasteiger charge is 2.13. The Morgan fingerprint density at radius 1 is 1.29 bits per heavy atom. The molecule has 0 aliphatic rings. The van der Waals surface area contributed by atoms with Crippen molar-refractivity contribution in [3.63, 3.8) is 0 Å². The first-order valence-electron chi connectivity index (χ1n) is 7.34. The number of nitrogens with zero attached hydrogens (tertiary/aromatic N) is 2. The van der Waals surface area contributed by atoms with Crippen LogP contribution in [0.25, 0.3) is 11.4 Å². The third-order valence-corrected chi connectivity index (χ3v) is 4.64. The smallest absolute Gasteiger partial charge is 0.228 e. The Hall–Kier alpha value is -1.20. The van der Waals surface area contributed by atoms with E-state index in [9.17, 15) is 0 Å². The van der Waals surface area contributed by atoms with E-state index in [0.717, 1.165) is 29.4 Å². The highest BCUT2D eigenvalue weighted by Crippen LogP contribution is 2.27. The lowest BCUT2D eigenvalue weighted by molar-refractivity contribution is 0.362. The maximum atomic E-state index is 5.37. The zero-order valence-electron chi connectivity index (χ0n) is 13.0. The topological polar surface area (TPSA) is 51.0 Å². The van der Waals surface area contributed by atoms with Crippen LogP contribution in [0.3, 0.4) is 0 Å². The van der Waals surface area contributed by atoms with E-state index in [0.29, 0.717) is 17.8 Å². The molecular formula is C16H22BrN3O. The molecule has 0 amide bonds. The van der Waals surface area contributed by atoms with Crippen molar-refractivity contribution in [1.82, 2.24) is 15.5 Å². The van der Waals surface area contributed by atoms with E-state index in [4.69, 9.17) is 4.52 Å². The molecule has 114 valence electrons. The average molecular weight is 352 g/mol. The molecule has 1 N–H and O–H groups in total. The molecule has 0 aliphatic carbocycles. The summed E-state index contributed by atoms with van der Waals surface area (Å²) < 4.78 is 6.50. The molecule has 2 aromatic rings. The van der Waals surface area contributed by atoms with Gasteiger partial charge < -0.3 is 9.84 Å². The van der Waals surface area contributed by atoms with E-state index in [2.05, 4.69) is 71.2 Å². The first kappa shape index (κ1) is 16.2. The molecule has 5 heteroatoms. The first-order valence-corrected chi connectivity index (χ1v) is 8.13. The van der Waals surface area contributed by atoms with Crippen LogP contribution in [-0.2, 0) is 6.42 Å². The zero-order valence-corrected chi connectivity index (χ0v) is 14.6. The lowest BCUT2D eigenvalue weighted by Crippen LogP contribution is -2.28. The second kappa shape index (κ2) is 7.18. The van der Waals surface area contributed by atoms with Crippen LogP contribution in [0.1, 0.15) is 37.3 Å². The molecule has 0 saturated carbocycles. The maximum Gasteiger partial charge on any atom is 0.228 e. The van der Waals surface area contributed by atoms with E-state index in [1.54, 1.807) is 0 Å². The monoisotopic (exact) mass is 351 g/mol. The van der Waals surface area contributed by atoms with Gasteiger partial charge in [0, 0.05) is 22.5 Å². The summed E-state index contributed by atoms with van der Waals surface area (Å²) in [5.41, 5.74) is 3.35. The standard InChI is InChI=1S/C16H22BrN3O/c1-5-6-18-12(4)9-14-19-16(20-21-14)13-7-10(2)15(17)11(3)8-13/h7-8,12,18H,5-6,9H2,1-4H3. The Bertz CT molecular complexity index is 586. The Balaban J connectivity index is 2.13.